The zero-order valence-corrected chi connectivity index (χ0v) is 13.2. The van der Waals surface area contributed by atoms with Gasteiger partial charge in [-0.05, 0) is 31.9 Å². The van der Waals surface area contributed by atoms with Crippen molar-refractivity contribution in [2.45, 2.75) is 33.2 Å². The van der Waals surface area contributed by atoms with E-state index in [4.69, 9.17) is 0 Å². The number of aryl methyl sites for hydroxylation is 1. The second-order valence-electron chi connectivity index (χ2n) is 4.93. The van der Waals surface area contributed by atoms with Crippen LogP contribution in [-0.4, -0.2) is 33.2 Å². The Morgan fingerprint density at radius 1 is 1.35 bits per heavy atom. The molecule has 0 heterocycles. The highest BCUT2D eigenvalue weighted by Crippen LogP contribution is 2.21. The van der Waals surface area contributed by atoms with Gasteiger partial charge in [-0.1, -0.05) is 25.1 Å². The Balaban J connectivity index is 2.99. The van der Waals surface area contributed by atoms with Gasteiger partial charge in [0.15, 0.2) is 0 Å². The number of benzene rings is 1. The molecule has 1 amide bonds. The van der Waals surface area contributed by atoms with Crippen molar-refractivity contribution >= 4 is 21.6 Å². The molecule has 1 unspecified atom stereocenters. The zero-order valence-electron chi connectivity index (χ0n) is 12.4. The van der Waals surface area contributed by atoms with Crippen LogP contribution in [0.4, 0.5) is 5.69 Å². The quantitative estimate of drug-likeness (QED) is 0.869. The van der Waals surface area contributed by atoms with Crippen molar-refractivity contribution in [1.82, 2.24) is 5.32 Å². The van der Waals surface area contributed by atoms with E-state index >= 15 is 0 Å². The standard InChI is InChI=1S/C14H22N2O3S/c1-5-12(3)15-14(17)10-16(20(4,18)19)13-9-7-6-8-11(13)2/h6-9,12H,5,10H2,1-4H3,(H,15,17). The fraction of sp³-hybridized carbons (Fsp3) is 0.500. The van der Waals surface area contributed by atoms with E-state index < -0.39 is 10.0 Å². The first-order valence-electron chi connectivity index (χ1n) is 6.58. The molecule has 112 valence electrons. The summed E-state index contributed by atoms with van der Waals surface area (Å²) in [6.45, 7) is 5.46. The lowest BCUT2D eigenvalue weighted by molar-refractivity contribution is -0.120. The topological polar surface area (TPSA) is 66.5 Å². The highest BCUT2D eigenvalue weighted by molar-refractivity contribution is 7.92. The Bertz CT molecular complexity index is 570. The number of sulfonamides is 1. The number of anilines is 1. The zero-order chi connectivity index (χ0) is 15.3. The van der Waals surface area contributed by atoms with Gasteiger partial charge in [-0.3, -0.25) is 9.10 Å². The van der Waals surface area contributed by atoms with Crippen molar-refractivity contribution in [3.8, 4) is 0 Å². The molecule has 1 rings (SSSR count). The summed E-state index contributed by atoms with van der Waals surface area (Å²) in [5.41, 5.74) is 1.35. The lowest BCUT2D eigenvalue weighted by Gasteiger charge is -2.24. The molecule has 0 saturated carbocycles. The minimum Gasteiger partial charge on any atom is -0.352 e. The number of carbonyl (C=O) groups excluding carboxylic acids is 1. The van der Waals surface area contributed by atoms with E-state index in [1.54, 1.807) is 12.1 Å². The van der Waals surface area contributed by atoms with Gasteiger partial charge in [-0.2, -0.15) is 0 Å². The van der Waals surface area contributed by atoms with Gasteiger partial charge in [-0.15, -0.1) is 0 Å². The number of nitrogens with one attached hydrogen (secondary N) is 1. The third kappa shape index (κ3) is 4.52. The summed E-state index contributed by atoms with van der Waals surface area (Å²) in [4.78, 5) is 11.9. The summed E-state index contributed by atoms with van der Waals surface area (Å²) in [7, 11) is -3.51. The summed E-state index contributed by atoms with van der Waals surface area (Å²) in [5, 5.41) is 2.78. The predicted octanol–water partition coefficient (Wildman–Crippen LogP) is 1.68. The van der Waals surface area contributed by atoms with Crippen molar-refractivity contribution in [3.63, 3.8) is 0 Å². The normalized spacial score (nSPS) is 12.8. The molecule has 0 aliphatic carbocycles. The summed E-state index contributed by atoms with van der Waals surface area (Å²) >= 11 is 0. The molecular weight excluding hydrogens is 276 g/mol. The summed E-state index contributed by atoms with van der Waals surface area (Å²) in [6, 6.07) is 7.14. The molecule has 0 aliphatic heterocycles. The summed E-state index contributed by atoms with van der Waals surface area (Å²) in [6.07, 6.45) is 1.91. The third-order valence-electron chi connectivity index (χ3n) is 3.09. The summed E-state index contributed by atoms with van der Waals surface area (Å²) < 4.78 is 25.0. The Morgan fingerprint density at radius 2 is 1.95 bits per heavy atom. The van der Waals surface area contributed by atoms with E-state index in [-0.39, 0.29) is 18.5 Å². The first kappa shape index (κ1) is 16.5. The number of carbonyl (C=O) groups is 1. The Kier molecular flexibility index (Phi) is 5.56. The van der Waals surface area contributed by atoms with Crippen LogP contribution < -0.4 is 9.62 Å². The van der Waals surface area contributed by atoms with Crippen LogP contribution in [0.1, 0.15) is 25.8 Å². The second kappa shape index (κ2) is 6.74. The molecule has 1 atom stereocenters. The second-order valence-corrected chi connectivity index (χ2v) is 6.84. The highest BCUT2D eigenvalue weighted by Gasteiger charge is 2.22. The smallest absolute Gasteiger partial charge is 0.240 e. The van der Waals surface area contributed by atoms with Gasteiger partial charge in [0.05, 0.1) is 11.9 Å². The number of amides is 1. The average Bonchev–Trinajstić information content (AvgIpc) is 2.35. The largest absolute Gasteiger partial charge is 0.352 e. The van der Waals surface area contributed by atoms with Crippen LogP contribution in [0.25, 0.3) is 0 Å². The number of para-hydroxylation sites is 1. The van der Waals surface area contributed by atoms with Gasteiger partial charge < -0.3 is 5.32 Å². The maximum atomic E-state index is 11.9. The first-order valence-corrected chi connectivity index (χ1v) is 8.43. The molecule has 1 N–H and O–H groups in total. The van der Waals surface area contributed by atoms with E-state index in [9.17, 15) is 13.2 Å². The molecule has 0 bridgehead atoms. The van der Waals surface area contributed by atoms with Crippen molar-refractivity contribution in [1.29, 1.82) is 0 Å². The van der Waals surface area contributed by atoms with Gasteiger partial charge in [0.1, 0.15) is 6.54 Å². The van der Waals surface area contributed by atoms with Crippen molar-refractivity contribution in [3.05, 3.63) is 29.8 Å². The van der Waals surface area contributed by atoms with Crippen molar-refractivity contribution in [2.24, 2.45) is 0 Å². The van der Waals surface area contributed by atoms with Crippen molar-refractivity contribution < 1.29 is 13.2 Å². The van der Waals surface area contributed by atoms with Gasteiger partial charge in [0.2, 0.25) is 15.9 Å². The van der Waals surface area contributed by atoms with Gasteiger partial charge in [0.25, 0.3) is 0 Å². The molecular formula is C14H22N2O3S. The average molecular weight is 298 g/mol. The molecule has 0 fully saturated rings. The maximum absolute atomic E-state index is 11.9. The van der Waals surface area contributed by atoms with Gasteiger partial charge >= 0.3 is 0 Å². The van der Waals surface area contributed by atoms with E-state index in [1.807, 2.05) is 32.9 Å². The molecule has 0 aliphatic rings. The molecule has 6 heteroatoms. The Hall–Kier alpha value is -1.56. The van der Waals surface area contributed by atoms with E-state index in [0.717, 1.165) is 22.5 Å². The number of hydrogen-bond acceptors (Lipinski definition) is 3. The number of rotatable bonds is 6. The van der Waals surface area contributed by atoms with Crippen LogP contribution in [0.15, 0.2) is 24.3 Å². The monoisotopic (exact) mass is 298 g/mol. The Morgan fingerprint density at radius 3 is 2.45 bits per heavy atom. The van der Waals surface area contributed by atoms with Crippen LogP contribution in [0.3, 0.4) is 0 Å². The minimum absolute atomic E-state index is 0.0285. The third-order valence-corrected chi connectivity index (χ3v) is 4.22. The molecule has 1 aromatic carbocycles. The lowest BCUT2D eigenvalue weighted by Crippen LogP contribution is -2.43. The molecule has 0 saturated heterocycles. The van der Waals surface area contributed by atoms with Gasteiger partial charge in [-0.25, -0.2) is 8.42 Å². The van der Waals surface area contributed by atoms with Crippen LogP contribution in [-0.2, 0) is 14.8 Å². The first-order chi connectivity index (χ1) is 9.25. The van der Waals surface area contributed by atoms with Crippen LogP contribution in [0.5, 0.6) is 0 Å². The molecule has 5 nitrogen and oxygen atoms in total. The fourth-order valence-corrected chi connectivity index (χ4v) is 2.69. The fourth-order valence-electron chi connectivity index (χ4n) is 1.78. The lowest BCUT2D eigenvalue weighted by atomic mass is 10.2. The maximum Gasteiger partial charge on any atom is 0.240 e. The van der Waals surface area contributed by atoms with Gasteiger partial charge in [0, 0.05) is 6.04 Å². The molecule has 0 aromatic heterocycles. The number of hydrogen-bond donors (Lipinski definition) is 1. The Labute approximate surface area is 121 Å². The number of nitrogens with zero attached hydrogens (tertiary/aromatic N) is 1. The van der Waals surface area contributed by atoms with E-state index in [2.05, 4.69) is 5.32 Å². The SMILES string of the molecule is CCC(C)NC(=O)CN(c1ccccc1C)S(C)(=O)=O. The predicted molar refractivity (Wildman–Crippen MR) is 81.3 cm³/mol. The van der Waals surface area contributed by atoms with Crippen LogP contribution >= 0.6 is 0 Å². The minimum atomic E-state index is -3.51. The van der Waals surface area contributed by atoms with Crippen LogP contribution in [0, 0.1) is 6.92 Å². The molecule has 0 radical (unpaired) electrons. The van der Waals surface area contributed by atoms with Crippen LogP contribution in [0.2, 0.25) is 0 Å². The molecule has 1 aromatic rings. The van der Waals surface area contributed by atoms with E-state index in [1.165, 1.54) is 0 Å². The van der Waals surface area contributed by atoms with E-state index in [0.29, 0.717) is 5.69 Å². The highest BCUT2D eigenvalue weighted by atomic mass is 32.2. The summed E-state index contributed by atoms with van der Waals surface area (Å²) in [5.74, 6) is -0.298. The molecule has 20 heavy (non-hydrogen) atoms. The van der Waals surface area contributed by atoms with Crippen molar-refractivity contribution in [2.75, 3.05) is 17.1 Å². The molecule has 0 spiro atoms.